The van der Waals surface area contributed by atoms with Crippen LogP contribution in [0.2, 0.25) is 0 Å². The Hall–Kier alpha value is -3.51. The predicted molar refractivity (Wildman–Crippen MR) is 130 cm³/mol. The van der Waals surface area contributed by atoms with Gasteiger partial charge in [0.25, 0.3) is 5.56 Å². The van der Waals surface area contributed by atoms with Crippen LogP contribution in [0.3, 0.4) is 0 Å². The first kappa shape index (κ1) is 21.7. The molecular formula is C26H25N3O2S. The SMILES string of the molecule is Cc1ccccc1-c1nn(-c2ccccc2)cc1/C=c1\s/c(=C/C(=O)C(C)(C)C)[nH]c1=O. The maximum absolute atomic E-state index is 12.6. The summed E-state index contributed by atoms with van der Waals surface area (Å²) in [5, 5.41) is 4.84. The Morgan fingerprint density at radius 2 is 1.75 bits per heavy atom. The van der Waals surface area contributed by atoms with E-state index in [1.54, 1.807) is 0 Å². The third-order valence-corrected chi connectivity index (χ3v) is 6.09. The Morgan fingerprint density at radius 1 is 1.06 bits per heavy atom. The normalized spacial score (nSPS) is 13.0. The summed E-state index contributed by atoms with van der Waals surface area (Å²) in [7, 11) is 0. The number of thiazole rings is 1. The molecule has 162 valence electrons. The van der Waals surface area contributed by atoms with E-state index < -0.39 is 5.41 Å². The summed E-state index contributed by atoms with van der Waals surface area (Å²) in [6.45, 7) is 7.62. The van der Waals surface area contributed by atoms with E-state index in [4.69, 9.17) is 5.10 Å². The molecule has 0 aliphatic heterocycles. The number of ketones is 1. The summed E-state index contributed by atoms with van der Waals surface area (Å²) >= 11 is 1.27. The van der Waals surface area contributed by atoms with Gasteiger partial charge in [-0.25, -0.2) is 4.68 Å². The van der Waals surface area contributed by atoms with Gasteiger partial charge in [-0.3, -0.25) is 9.59 Å². The number of hydrogen-bond acceptors (Lipinski definition) is 4. The van der Waals surface area contributed by atoms with Crippen molar-refractivity contribution in [1.29, 1.82) is 0 Å². The Bertz CT molecular complexity index is 1450. The summed E-state index contributed by atoms with van der Waals surface area (Å²) in [5.74, 6) is -0.0287. The largest absolute Gasteiger partial charge is 0.313 e. The molecule has 32 heavy (non-hydrogen) atoms. The predicted octanol–water partition coefficient (Wildman–Crippen LogP) is 3.82. The van der Waals surface area contributed by atoms with Gasteiger partial charge in [0, 0.05) is 28.8 Å². The molecule has 0 atom stereocenters. The molecule has 0 spiro atoms. The van der Waals surface area contributed by atoms with Crippen LogP contribution in [0.5, 0.6) is 0 Å². The molecule has 2 heterocycles. The van der Waals surface area contributed by atoms with Crippen molar-refractivity contribution in [2.75, 3.05) is 0 Å². The molecule has 0 amide bonds. The van der Waals surface area contributed by atoms with Crippen molar-refractivity contribution in [3.8, 4) is 16.9 Å². The molecule has 0 unspecified atom stereocenters. The molecule has 4 rings (SSSR count). The summed E-state index contributed by atoms with van der Waals surface area (Å²) in [5.41, 5.74) is 3.97. The smallest absolute Gasteiger partial charge is 0.266 e. The number of nitrogens with one attached hydrogen (secondary N) is 1. The van der Waals surface area contributed by atoms with Gasteiger partial charge in [0.05, 0.1) is 14.9 Å². The zero-order valence-electron chi connectivity index (χ0n) is 18.5. The highest BCUT2D eigenvalue weighted by Gasteiger charge is 2.19. The Labute approximate surface area is 190 Å². The third-order valence-electron chi connectivity index (χ3n) is 5.13. The van der Waals surface area contributed by atoms with Crippen LogP contribution in [0.4, 0.5) is 0 Å². The van der Waals surface area contributed by atoms with Gasteiger partial charge in [0.1, 0.15) is 5.69 Å². The van der Waals surface area contributed by atoms with Gasteiger partial charge in [-0.2, -0.15) is 5.10 Å². The lowest BCUT2D eigenvalue weighted by Gasteiger charge is -2.12. The average molecular weight is 444 g/mol. The number of benzene rings is 2. The number of Topliss-reactive ketones (excluding diaryl/α,β-unsaturated/α-hetero) is 1. The molecule has 0 aliphatic rings. The van der Waals surface area contributed by atoms with Gasteiger partial charge < -0.3 is 4.98 Å². The van der Waals surface area contributed by atoms with E-state index in [0.29, 0.717) is 9.20 Å². The fourth-order valence-electron chi connectivity index (χ4n) is 3.25. The Kier molecular flexibility index (Phi) is 5.80. The number of rotatable bonds is 4. The molecule has 5 nitrogen and oxygen atoms in total. The van der Waals surface area contributed by atoms with Crippen LogP contribution in [-0.2, 0) is 4.79 Å². The van der Waals surface area contributed by atoms with E-state index in [2.05, 4.69) is 4.98 Å². The molecular weight excluding hydrogens is 418 g/mol. The van der Waals surface area contributed by atoms with Crippen molar-refractivity contribution in [3.05, 3.63) is 91.5 Å². The monoisotopic (exact) mass is 443 g/mol. The number of aromatic amines is 1. The van der Waals surface area contributed by atoms with E-state index in [9.17, 15) is 9.59 Å². The van der Waals surface area contributed by atoms with Crippen LogP contribution < -0.4 is 14.8 Å². The molecule has 0 fully saturated rings. The first-order valence-electron chi connectivity index (χ1n) is 10.4. The maximum Gasteiger partial charge on any atom is 0.266 e. The van der Waals surface area contributed by atoms with Crippen LogP contribution >= 0.6 is 11.3 Å². The zero-order chi connectivity index (χ0) is 22.9. The summed E-state index contributed by atoms with van der Waals surface area (Å²) < 4.78 is 2.90. The highest BCUT2D eigenvalue weighted by atomic mass is 32.1. The van der Waals surface area contributed by atoms with Crippen molar-refractivity contribution >= 4 is 29.3 Å². The van der Waals surface area contributed by atoms with Crippen molar-refractivity contribution in [1.82, 2.24) is 14.8 Å². The van der Waals surface area contributed by atoms with Crippen molar-refractivity contribution < 1.29 is 4.79 Å². The van der Waals surface area contributed by atoms with Crippen LogP contribution in [-0.4, -0.2) is 20.5 Å². The van der Waals surface area contributed by atoms with E-state index in [0.717, 1.165) is 28.1 Å². The first-order chi connectivity index (χ1) is 15.2. The number of carbonyl (C=O) groups is 1. The van der Waals surface area contributed by atoms with Crippen LogP contribution in [0, 0.1) is 12.3 Å². The fourth-order valence-corrected chi connectivity index (χ4v) is 4.13. The van der Waals surface area contributed by atoms with Crippen molar-refractivity contribution in [2.24, 2.45) is 5.41 Å². The average Bonchev–Trinajstić information content (AvgIpc) is 3.32. The van der Waals surface area contributed by atoms with E-state index in [1.807, 2.05) is 99.2 Å². The third kappa shape index (κ3) is 4.55. The highest BCUT2D eigenvalue weighted by Crippen LogP contribution is 2.27. The second-order valence-electron chi connectivity index (χ2n) is 8.72. The molecule has 0 aliphatic carbocycles. The molecule has 2 aromatic carbocycles. The molecule has 4 aromatic rings. The Balaban J connectivity index is 1.89. The van der Waals surface area contributed by atoms with Gasteiger partial charge in [0.15, 0.2) is 5.78 Å². The lowest BCUT2D eigenvalue weighted by atomic mass is 9.91. The maximum atomic E-state index is 12.6. The fraction of sp³-hybridized carbons (Fsp3) is 0.192. The minimum absolute atomic E-state index is 0.0287. The van der Waals surface area contributed by atoms with Crippen molar-refractivity contribution in [2.45, 2.75) is 27.7 Å². The molecule has 1 N–H and O–H groups in total. The van der Waals surface area contributed by atoms with Gasteiger partial charge in [-0.1, -0.05) is 63.2 Å². The molecule has 0 radical (unpaired) electrons. The summed E-state index contributed by atoms with van der Waals surface area (Å²) in [6, 6.07) is 17.9. The van der Waals surface area contributed by atoms with Gasteiger partial charge in [-0.05, 0) is 30.7 Å². The number of aryl methyl sites for hydroxylation is 1. The number of hydrogen-bond donors (Lipinski definition) is 1. The minimum atomic E-state index is -0.500. The van der Waals surface area contributed by atoms with Crippen LogP contribution in [0.25, 0.3) is 29.1 Å². The molecule has 6 heteroatoms. The second kappa shape index (κ2) is 8.55. The summed E-state index contributed by atoms with van der Waals surface area (Å²) in [6.07, 6.45) is 5.29. The molecule has 0 saturated carbocycles. The lowest BCUT2D eigenvalue weighted by Crippen LogP contribution is -2.22. The summed E-state index contributed by atoms with van der Waals surface area (Å²) in [4.78, 5) is 27.8. The number of nitrogens with zero attached hydrogens (tertiary/aromatic N) is 2. The van der Waals surface area contributed by atoms with Gasteiger partial charge in [0.2, 0.25) is 0 Å². The van der Waals surface area contributed by atoms with Gasteiger partial charge >= 0.3 is 0 Å². The van der Waals surface area contributed by atoms with Crippen LogP contribution in [0.15, 0.2) is 65.6 Å². The number of carbonyl (C=O) groups excluding carboxylic acids is 1. The number of aromatic nitrogens is 3. The van der Waals surface area contributed by atoms with Crippen molar-refractivity contribution in [3.63, 3.8) is 0 Å². The second-order valence-corrected chi connectivity index (χ2v) is 9.80. The number of para-hydroxylation sites is 1. The zero-order valence-corrected chi connectivity index (χ0v) is 19.4. The molecule has 0 bridgehead atoms. The topological polar surface area (TPSA) is 67.8 Å². The minimum Gasteiger partial charge on any atom is -0.313 e. The molecule has 0 saturated heterocycles. The quantitative estimate of drug-likeness (QED) is 0.521. The Morgan fingerprint density at radius 3 is 2.44 bits per heavy atom. The first-order valence-corrected chi connectivity index (χ1v) is 11.2. The van der Waals surface area contributed by atoms with E-state index >= 15 is 0 Å². The van der Waals surface area contributed by atoms with E-state index in [-0.39, 0.29) is 11.3 Å². The lowest BCUT2D eigenvalue weighted by molar-refractivity contribution is -0.119. The van der Waals surface area contributed by atoms with Crippen LogP contribution in [0.1, 0.15) is 31.9 Å². The standard InChI is InChI=1S/C26H25N3O2S/c1-17-10-8-9-13-20(17)24-18(16-29(28-24)19-11-6-5-7-12-19)14-21-25(31)27-23(32-21)15-22(30)26(2,3)4/h5-16H,1-4H3,(H,27,31)/b21-14-,23-15+. The van der Waals surface area contributed by atoms with E-state index in [1.165, 1.54) is 17.4 Å². The highest BCUT2D eigenvalue weighted by molar-refractivity contribution is 7.07. The number of H-pyrrole nitrogens is 1. The van der Waals surface area contributed by atoms with Gasteiger partial charge in [-0.15, -0.1) is 11.3 Å². The molecule has 2 aromatic heterocycles.